The van der Waals surface area contributed by atoms with Crippen LogP contribution in [-0.2, 0) is 0 Å². The highest BCUT2D eigenvalue weighted by Crippen LogP contribution is 2.19. The van der Waals surface area contributed by atoms with E-state index >= 15 is 0 Å². The van der Waals surface area contributed by atoms with Crippen molar-refractivity contribution in [3.8, 4) is 17.2 Å². The van der Waals surface area contributed by atoms with Gasteiger partial charge in [-0.1, -0.05) is 0 Å². The maximum Gasteiger partial charge on any atom is 0.255 e. The lowest BCUT2D eigenvalue weighted by Crippen LogP contribution is -2.29. The molecule has 0 aliphatic heterocycles. The minimum absolute atomic E-state index is 0.221. The molecule has 0 atom stereocenters. The lowest BCUT2D eigenvalue weighted by Gasteiger charge is -2.09. The third-order valence-electron chi connectivity index (χ3n) is 4.31. The molecule has 2 aromatic carbocycles. The fraction of sp³-hybridized carbons (Fsp3) is 0.238. The van der Waals surface area contributed by atoms with E-state index in [0.717, 1.165) is 5.75 Å². The fourth-order valence-corrected chi connectivity index (χ4v) is 2.90. The molecule has 0 saturated heterocycles. The Morgan fingerprint density at radius 2 is 1.71 bits per heavy atom. The van der Waals surface area contributed by atoms with E-state index in [9.17, 15) is 9.18 Å². The van der Waals surface area contributed by atoms with Crippen LogP contribution in [0.2, 0.25) is 0 Å². The molecule has 7 heteroatoms. The summed E-state index contributed by atoms with van der Waals surface area (Å²) >= 11 is 0. The molecule has 1 aromatic heterocycles. The van der Waals surface area contributed by atoms with Crippen LogP contribution < -0.4 is 14.8 Å². The molecule has 1 heterocycles. The van der Waals surface area contributed by atoms with Crippen LogP contribution >= 0.6 is 0 Å². The van der Waals surface area contributed by atoms with E-state index in [1.807, 2.05) is 31.2 Å². The number of hydrogen-bond donors (Lipinski definition) is 1. The van der Waals surface area contributed by atoms with Gasteiger partial charge in [-0.3, -0.25) is 4.79 Å². The number of amides is 1. The number of carbonyl (C=O) groups is 1. The molecule has 28 heavy (non-hydrogen) atoms. The quantitative estimate of drug-likeness (QED) is 0.635. The Balaban J connectivity index is 1.60. The number of methoxy groups -OCH3 is 1. The van der Waals surface area contributed by atoms with E-state index in [1.54, 1.807) is 30.8 Å². The van der Waals surface area contributed by atoms with Gasteiger partial charge in [0.2, 0.25) is 0 Å². The Hall–Kier alpha value is -3.35. The topological polar surface area (TPSA) is 65.4 Å². The zero-order valence-electron chi connectivity index (χ0n) is 16.0. The van der Waals surface area contributed by atoms with Gasteiger partial charge in [-0.2, -0.15) is 5.10 Å². The van der Waals surface area contributed by atoms with Gasteiger partial charge >= 0.3 is 0 Å². The van der Waals surface area contributed by atoms with Gasteiger partial charge in [0, 0.05) is 0 Å². The maximum absolute atomic E-state index is 13.1. The van der Waals surface area contributed by atoms with Crippen molar-refractivity contribution >= 4 is 5.91 Å². The highest BCUT2D eigenvalue weighted by atomic mass is 19.1. The Labute approximate surface area is 162 Å². The van der Waals surface area contributed by atoms with Gasteiger partial charge < -0.3 is 14.8 Å². The zero-order valence-corrected chi connectivity index (χ0v) is 16.0. The monoisotopic (exact) mass is 383 g/mol. The maximum atomic E-state index is 13.1. The molecule has 0 aliphatic carbocycles. The van der Waals surface area contributed by atoms with E-state index in [-0.39, 0.29) is 11.7 Å². The predicted octanol–water partition coefficient (Wildman–Crippen LogP) is 3.45. The summed E-state index contributed by atoms with van der Waals surface area (Å²) in [4.78, 5) is 12.6. The summed E-state index contributed by atoms with van der Waals surface area (Å²) in [7, 11) is 1.60. The third-order valence-corrected chi connectivity index (χ3v) is 4.31. The number of rotatable bonds is 7. The molecule has 0 bridgehead atoms. The first kappa shape index (κ1) is 19.4. The minimum atomic E-state index is -0.319. The summed E-state index contributed by atoms with van der Waals surface area (Å²) in [5.74, 6) is 0.915. The average Bonchev–Trinajstić information content (AvgIpc) is 3.00. The second kappa shape index (κ2) is 8.56. The molecular weight excluding hydrogens is 361 g/mol. The van der Waals surface area contributed by atoms with Gasteiger partial charge in [-0.25, -0.2) is 9.07 Å². The van der Waals surface area contributed by atoms with Gasteiger partial charge in [-0.15, -0.1) is 0 Å². The smallest absolute Gasteiger partial charge is 0.255 e. The number of nitrogens with zero attached hydrogens (tertiary/aromatic N) is 2. The van der Waals surface area contributed by atoms with Crippen LogP contribution in [0.15, 0.2) is 48.5 Å². The Morgan fingerprint density at radius 3 is 2.36 bits per heavy atom. The van der Waals surface area contributed by atoms with Crippen LogP contribution in [0.25, 0.3) is 5.69 Å². The van der Waals surface area contributed by atoms with Gasteiger partial charge in [0.25, 0.3) is 5.91 Å². The Bertz CT molecular complexity index is 950. The van der Waals surface area contributed by atoms with E-state index in [2.05, 4.69) is 10.4 Å². The van der Waals surface area contributed by atoms with Crippen molar-refractivity contribution in [3.63, 3.8) is 0 Å². The Kier molecular flexibility index (Phi) is 5.93. The van der Waals surface area contributed by atoms with Gasteiger partial charge in [0.05, 0.1) is 36.3 Å². The Morgan fingerprint density at radius 1 is 1.07 bits per heavy atom. The molecule has 0 unspecified atom stereocenters. The molecule has 0 saturated carbocycles. The first-order valence-corrected chi connectivity index (χ1v) is 8.87. The summed E-state index contributed by atoms with van der Waals surface area (Å²) in [6, 6.07) is 13.2. The molecule has 146 valence electrons. The second-order valence-electron chi connectivity index (χ2n) is 6.21. The molecule has 1 N–H and O–H groups in total. The SMILES string of the molecule is COc1ccc(OCCNC(=O)c2c(C)nn(-c3ccc(F)cc3)c2C)cc1. The number of hydrogen-bond acceptors (Lipinski definition) is 4. The van der Waals surface area contributed by atoms with Crippen LogP contribution in [0.1, 0.15) is 21.7 Å². The molecule has 0 fully saturated rings. The first-order chi connectivity index (χ1) is 13.5. The molecule has 0 spiro atoms. The van der Waals surface area contributed by atoms with Crippen LogP contribution in [0.5, 0.6) is 11.5 Å². The highest BCUT2D eigenvalue weighted by Gasteiger charge is 2.19. The van der Waals surface area contributed by atoms with Crippen LogP contribution in [-0.4, -0.2) is 35.9 Å². The third kappa shape index (κ3) is 4.31. The lowest BCUT2D eigenvalue weighted by molar-refractivity contribution is 0.0945. The first-order valence-electron chi connectivity index (χ1n) is 8.87. The molecule has 0 aliphatic rings. The lowest BCUT2D eigenvalue weighted by atomic mass is 10.2. The number of nitrogens with one attached hydrogen (secondary N) is 1. The van der Waals surface area contributed by atoms with E-state index in [4.69, 9.17) is 9.47 Å². The van der Waals surface area contributed by atoms with E-state index in [1.165, 1.54) is 12.1 Å². The van der Waals surface area contributed by atoms with Crippen LogP contribution in [0.4, 0.5) is 4.39 Å². The summed E-state index contributed by atoms with van der Waals surface area (Å²) in [6.07, 6.45) is 0. The summed E-state index contributed by atoms with van der Waals surface area (Å²) in [5, 5.41) is 7.26. The molecule has 3 aromatic rings. The molecule has 3 rings (SSSR count). The number of aryl methyl sites for hydroxylation is 1. The van der Waals surface area contributed by atoms with Gasteiger partial charge in [0.1, 0.15) is 23.9 Å². The number of benzene rings is 2. The van der Waals surface area contributed by atoms with Crippen LogP contribution in [0.3, 0.4) is 0 Å². The number of ether oxygens (including phenoxy) is 2. The minimum Gasteiger partial charge on any atom is -0.497 e. The van der Waals surface area contributed by atoms with Crippen molar-refractivity contribution in [3.05, 3.63) is 71.3 Å². The van der Waals surface area contributed by atoms with Crippen molar-refractivity contribution in [2.24, 2.45) is 0 Å². The summed E-state index contributed by atoms with van der Waals surface area (Å²) < 4.78 is 25.5. The fourth-order valence-electron chi connectivity index (χ4n) is 2.90. The van der Waals surface area contributed by atoms with Gasteiger partial charge in [-0.05, 0) is 62.4 Å². The standard InChI is InChI=1S/C21H22FN3O3/c1-14-20(15(2)25(24-14)17-6-4-16(22)5-7-17)21(26)23-12-13-28-19-10-8-18(27-3)9-11-19/h4-11H,12-13H2,1-3H3,(H,23,26). The number of halogens is 1. The van der Waals surface area contributed by atoms with Crippen LogP contribution in [0, 0.1) is 19.7 Å². The van der Waals surface area contributed by atoms with Crippen molar-refractivity contribution < 1.29 is 18.7 Å². The van der Waals surface area contributed by atoms with Crippen molar-refractivity contribution in [2.45, 2.75) is 13.8 Å². The van der Waals surface area contributed by atoms with Crippen molar-refractivity contribution in [1.29, 1.82) is 0 Å². The van der Waals surface area contributed by atoms with Crippen molar-refractivity contribution in [1.82, 2.24) is 15.1 Å². The van der Waals surface area contributed by atoms with Crippen molar-refractivity contribution in [2.75, 3.05) is 20.3 Å². The number of carbonyl (C=O) groups excluding carboxylic acids is 1. The van der Waals surface area contributed by atoms with E-state index in [0.29, 0.717) is 41.5 Å². The van der Waals surface area contributed by atoms with E-state index < -0.39 is 0 Å². The highest BCUT2D eigenvalue weighted by molar-refractivity contribution is 5.96. The summed E-state index contributed by atoms with van der Waals surface area (Å²) in [6.45, 7) is 4.27. The second-order valence-corrected chi connectivity index (χ2v) is 6.21. The van der Waals surface area contributed by atoms with Gasteiger partial charge in [0.15, 0.2) is 0 Å². The molecular formula is C21H22FN3O3. The predicted molar refractivity (Wildman–Crippen MR) is 104 cm³/mol. The average molecular weight is 383 g/mol. The largest absolute Gasteiger partial charge is 0.497 e. The normalized spacial score (nSPS) is 10.6. The molecule has 6 nitrogen and oxygen atoms in total. The zero-order chi connectivity index (χ0) is 20.1. The molecule has 1 amide bonds. The summed E-state index contributed by atoms with van der Waals surface area (Å²) in [5.41, 5.74) is 2.51. The number of aromatic nitrogens is 2. The molecule has 0 radical (unpaired) electrons.